The van der Waals surface area contributed by atoms with Crippen LogP contribution >= 0.6 is 0 Å². The van der Waals surface area contributed by atoms with E-state index < -0.39 is 0 Å². The molecule has 5 nitrogen and oxygen atoms in total. The number of nitrogens with one attached hydrogen (secondary N) is 1. The first-order valence-electron chi connectivity index (χ1n) is 6.68. The summed E-state index contributed by atoms with van der Waals surface area (Å²) in [4.78, 5) is 9.06. The number of oxazole rings is 1. The van der Waals surface area contributed by atoms with Crippen molar-refractivity contribution < 1.29 is 4.42 Å². The number of rotatable bonds is 5. The SMILES string of the molecule is CCNCc1coc(N2CC(C)C(N(C)C)C2)n1. The van der Waals surface area contributed by atoms with Crippen LogP contribution in [0.3, 0.4) is 0 Å². The van der Waals surface area contributed by atoms with Crippen LogP contribution in [0.1, 0.15) is 19.5 Å². The molecule has 2 unspecified atom stereocenters. The van der Waals surface area contributed by atoms with Crippen LogP contribution in [-0.4, -0.2) is 49.7 Å². The minimum atomic E-state index is 0.578. The van der Waals surface area contributed by atoms with Gasteiger partial charge in [0.1, 0.15) is 6.26 Å². The Kier molecular flexibility index (Phi) is 4.24. The molecule has 1 saturated heterocycles. The second-order valence-corrected chi connectivity index (χ2v) is 5.31. The molecule has 5 heteroatoms. The van der Waals surface area contributed by atoms with Gasteiger partial charge in [0.05, 0.1) is 5.69 Å². The molecular formula is C13H24N4O. The summed E-state index contributed by atoms with van der Waals surface area (Å²) < 4.78 is 5.58. The zero-order valence-electron chi connectivity index (χ0n) is 11.8. The predicted octanol–water partition coefficient (Wildman–Crippen LogP) is 1.17. The quantitative estimate of drug-likeness (QED) is 0.852. The van der Waals surface area contributed by atoms with E-state index in [4.69, 9.17) is 4.42 Å². The van der Waals surface area contributed by atoms with E-state index in [1.807, 2.05) is 0 Å². The van der Waals surface area contributed by atoms with E-state index in [0.717, 1.165) is 37.9 Å². The largest absolute Gasteiger partial charge is 0.432 e. The average Bonchev–Trinajstić information content (AvgIpc) is 2.92. The summed E-state index contributed by atoms with van der Waals surface area (Å²) >= 11 is 0. The number of nitrogens with zero attached hydrogens (tertiary/aromatic N) is 3. The van der Waals surface area contributed by atoms with Gasteiger partial charge in [0.15, 0.2) is 0 Å². The van der Waals surface area contributed by atoms with Crippen molar-refractivity contribution in [2.24, 2.45) is 5.92 Å². The number of anilines is 1. The first-order valence-corrected chi connectivity index (χ1v) is 6.68. The van der Waals surface area contributed by atoms with Gasteiger partial charge in [-0.1, -0.05) is 13.8 Å². The second kappa shape index (κ2) is 5.71. The normalized spacial score (nSPS) is 24.2. The Labute approximate surface area is 109 Å². The van der Waals surface area contributed by atoms with Crippen molar-refractivity contribution in [1.82, 2.24) is 15.2 Å². The molecule has 2 heterocycles. The zero-order chi connectivity index (χ0) is 13.1. The second-order valence-electron chi connectivity index (χ2n) is 5.31. The highest BCUT2D eigenvalue weighted by Crippen LogP contribution is 2.25. The van der Waals surface area contributed by atoms with Gasteiger partial charge in [0.25, 0.3) is 6.01 Å². The Morgan fingerprint density at radius 3 is 2.89 bits per heavy atom. The molecule has 0 saturated carbocycles. The van der Waals surface area contributed by atoms with Crippen LogP contribution in [0.4, 0.5) is 6.01 Å². The van der Waals surface area contributed by atoms with Crippen molar-refractivity contribution in [3.63, 3.8) is 0 Å². The molecule has 1 fully saturated rings. The molecular weight excluding hydrogens is 228 g/mol. The average molecular weight is 252 g/mol. The van der Waals surface area contributed by atoms with Crippen LogP contribution in [0.15, 0.2) is 10.7 Å². The fourth-order valence-corrected chi connectivity index (χ4v) is 2.55. The Morgan fingerprint density at radius 2 is 2.28 bits per heavy atom. The molecule has 102 valence electrons. The van der Waals surface area contributed by atoms with Crippen molar-refractivity contribution in [1.29, 1.82) is 0 Å². The summed E-state index contributed by atoms with van der Waals surface area (Å²) in [7, 11) is 4.27. The highest BCUT2D eigenvalue weighted by Gasteiger charge is 2.33. The van der Waals surface area contributed by atoms with Gasteiger partial charge < -0.3 is 19.5 Å². The first-order chi connectivity index (χ1) is 8.61. The maximum atomic E-state index is 5.58. The minimum Gasteiger partial charge on any atom is -0.432 e. The molecule has 0 spiro atoms. The van der Waals surface area contributed by atoms with Gasteiger partial charge in [-0.05, 0) is 26.6 Å². The zero-order valence-corrected chi connectivity index (χ0v) is 11.8. The lowest BCUT2D eigenvalue weighted by molar-refractivity contribution is 0.266. The molecule has 1 aromatic heterocycles. The predicted molar refractivity (Wildman–Crippen MR) is 72.7 cm³/mol. The van der Waals surface area contributed by atoms with E-state index in [-0.39, 0.29) is 0 Å². The Bertz CT molecular complexity index is 377. The van der Waals surface area contributed by atoms with Gasteiger partial charge >= 0.3 is 0 Å². The Hall–Kier alpha value is -1.07. The number of hydrogen-bond acceptors (Lipinski definition) is 5. The molecule has 18 heavy (non-hydrogen) atoms. The standard InChI is InChI=1S/C13H24N4O/c1-5-14-6-11-9-18-13(15-11)17-7-10(2)12(8-17)16(3)4/h9-10,12,14H,5-8H2,1-4H3. The van der Waals surface area contributed by atoms with Crippen LogP contribution in [-0.2, 0) is 6.54 Å². The van der Waals surface area contributed by atoms with E-state index in [9.17, 15) is 0 Å². The maximum Gasteiger partial charge on any atom is 0.297 e. The summed E-state index contributed by atoms with van der Waals surface area (Å²) in [6.07, 6.45) is 1.76. The summed E-state index contributed by atoms with van der Waals surface area (Å²) in [6.45, 7) is 8.11. The van der Waals surface area contributed by atoms with E-state index in [0.29, 0.717) is 12.0 Å². The van der Waals surface area contributed by atoms with E-state index in [2.05, 4.69) is 48.0 Å². The van der Waals surface area contributed by atoms with Crippen molar-refractivity contribution in [3.05, 3.63) is 12.0 Å². The third kappa shape index (κ3) is 2.84. The van der Waals surface area contributed by atoms with E-state index >= 15 is 0 Å². The molecule has 2 atom stereocenters. The molecule has 1 aliphatic heterocycles. The topological polar surface area (TPSA) is 44.5 Å². The summed E-state index contributed by atoms with van der Waals surface area (Å²) in [5, 5.41) is 3.25. The summed E-state index contributed by atoms with van der Waals surface area (Å²) in [5.41, 5.74) is 0.979. The van der Waals surface area contributed by atoms with Gasteiger partial charge in [-0.3, -0.25) is 0 Å². The minimum absolute atomic E-state index is 0.578. The van der Waals surface area contributed by atoms with Crippen LogP contribution in [0.25, 0.3) is 0 Å². The van der Waals surface area contributed by atoms with Gasteiger partial charge in [-0.15, -0.1) is 0 Å². The van der Waals surface area contributed by atoms with Crippen LogP contribution in [0.2, 0.25) is 0 Å². The van der Waals surface area contributed by atoms with Crippen molar-refractivity contribution >= 4 is 6.01 Å². The molecule has 0 aliphatic carbocycles. The van der Waals surface area contributed by atoms with Gasteiger partial charge in [0, 0.05) is 25.7 Å². The molecule has 1 aliphatic rings. The maximum absolute atomic E-state index is 5.58. The highest BCUT2D eigenvalue weighted by molar-refractivity contribution is 5.30. The Balaban J connectivity index is 1.98. The monoisotopic (exact) mass is 252 g/mol. The van der Waals surface area contributed by atoms with E-state index in [1.54, 1.807) is 6.26 Å². The fraction of sp³-hybridized carbons (Fsp3) is 0.769. The number of aromatic nitrogens is 1. The van der Waals surface area contributed by atoms with Crippen molar-refractivity contribution in [2.45, 2.75) is 26.4 Å². The summed E-state index contributed by atoms with van der Waals surface area (Å²) in [5.74, 6) is 0.643. The smallest absolute Gasteiger partial charge is 0.297 e. The van der Waals surface area contributed by atoms with Gasteiger partial charge in [0.2, 0.25) is 0 Å². The molecule has 1 aromatic rings. The lowest BCUT2D eigenvalue weighted by atomic mass is 10.1. The lowest BCUT2D eigenvalue weighted by Crippen LogP contribution is -2.34. The van der Waals surface area contributed by atoms with Gasteiger partial charge in [-0.25, -0.2) is 0 Å². The number of likely N-dealkylation sites (N-methyl/N-ethyl adjacent to an activating group) is 1. The molecule has 1 N–H and O–H groups in total. The Morgan fingerprint density at radius 1 is 1.50 bits per heavy atom. The fourth-order valence-electron chi connectivity index (χ4n) is 2.55. The van der Waals surface area contributed by atoms with Gasteiger partial charge in [-0.2, -0.15) is 4.98 Å². The molecule has 0 radical (unpaired) electrons. The van der Waals surface area contributed by atoms with E-state index in [1.165, 1.54) is 0 Å². The molecule has 2 rings (SSSR count). The van der Waals surface area contributed by atoms with Crippen LogP contribution < -0.4 is 10.2 Å². The first kappa shape index (κ1) is 13.4. The van der Waals surface area contributed by atoms with Crippen molar-refractivity contribution in [3.8, 4) is 0 Å². The molecule has 0 bridgehead atoms. The highest BCUT2D eigenvalue weighted by atomic mass is 16.4. The van der Waals surface area contributed by atoms with Crippen molar-refractivity contribution in [2.75, 3.05) is 38.6 Å². The third-order valence-electron chi connectivity index (χ3n) is 3.60. The summed E-state index contributed by atoms with van der Waals surface area (Å²) in [6, 6.07) is 1.34. The molecule has 0 aromatic carbocycles. The number of hydrogen-bond donors (Lipinski definition) is 1. The molecule has 0 amide bonds. The third-order valence-corrected chi connectivity index (χ3v) is 3.60. The lowest BCUT2D eigenvalue weighted by Gasteiger charge is -2.22. The van der Waals surface area contributed by atoms with Crippen LogP contribution in [0, 0.1) is 5.92 Å². The van der Waals surface area contributed by atoms with Crippen LogP contribution in [0.5, 0.6) is 0 Å².